The van der Waals surface area contributed by atoms with Gasteiger partial charge in [0, 0.05) is 0 Å². The first kappa shape index (κ1) is 20.5. The zero-order valence-electron chi connectivity index (χ0n) is 17.2. The molecule has 0 bridgehead atoms. The van der Waals surface area contributed by atoms with Gasteiger partial charge in [0.25, 0.3) is 5.56 Å². The van der Waals surface area contributed by atoms with Crippen molar-refractivity contribution >= 4 is 45.4 Å². The van der Waals surface area contributed by atoms with Crippen LogP contribution in [0.15, 0.2) is 58.9 Å². The highest BCUT2D eigenvalue weighted by Gasteiger charge is 2.19. The summed E-state index contributed by atoms with van der Waals surface area (Å²) in [5.41, 5.74) is 3.20. The van der Waals surface area contributed by atoms with E-state index in [4.69, 9.17) is 21.3 Å². The molecule has 0 spiro atoms. The molecule has 0 saturated carbocycles. The number of aryl methyl sites for hydroxylation is 1. The van der Waals surface area contributed by atoms with Crippen molar-refractivity contribution in [1.82, 2.24) is 29.5 Å². The van der Waals surface area contributed by atoms with Crippen molar-refractivity contribution < 1.29 is 4.74 Å². The molecule has 2 aromatic carbocycles. The summed E-state index contributed by atoms with van der Waals surface area (Å²) in [6.45, 7) is 1.96. The van der Waals surface area contributed by atoms with Crippen molar-refractivity contribution in [3.05, 3.63) is 75.8 Å². The van der Waals surface area contributed by atoms with E-state index in [1.165, 1.54) is 18.1 Å². The van der Waals surface area contributed by atoms with E-state index in [1.54, 1.807) is 36.2 Å². The van der Waals surface area contributed by atoms with E-state index in [9.17, 15) is 4.79 Å². The van der Waals surface area contributed by atoms with Crippen LogP contribution in [-0.4, -0.2) is 36.6 Å². The van der Waals surface area contributed by atoms with Crippen molar-refractivity contribution in [1.29, 1.82) is 0 Å². The number of nitrogens with zero attached hydrogens (tertiary/aromatic N) is 5. The number of benzene rings is 2. The second-order valence-corrected chi connectivity index (χ2v) is 8.42. The summed E-state index contributed by atoms with van der Waals surface area (Å²) in [7, 11) is 1.57. The van der Waals surface area contributed by atoms with Gasteiger partial charge in [0.05, 0.1) is 40.8 Å². The summed E-state index contributed by atoms with van der Waals surface area (Å²) in [6.07, 6.45) is 3.04. The molecule has 0 fully saturated rings. The second kappa shape index (κ2) is 8.25. The molecular formula is C22H17ClN6O2S. The standard InChI is InChI=1S/C22H17ClN6O2S/c1-12-6-7-16(31-2)15(8-12)29-17(28-14-5-3-4-13(23)18(14)22(29)30)9-32-21-19-20(25-10-24-19)26-11-27-21/h3-8,10-11H,9H2,1-2H3,(H,24,25,26,27). The summed E-state index contributed by atoms with van der Waals surface area (Å²) in [5.74, 6) is 1.49. The van der Waals surface area contributed by atoms with Gasteiger partial charge in [-0.3, -0.25) is 9.36 Å². The zero-order chi connectivity index (χ0) is 22.2. The van der Waals surface area contributed by atoms with Crippen molar-refractivity contribution in [2.24, 2.45) is 0 Å². The predicted molar refractivity (Wildman–Crippen MR) is 125 cm³/mol. The number of methoxy groups -OCH3 is 1. The molecule has 8 nitrogen and oxygen atoms in total. The molecule has 0 aliphatic carbocycles. The Bertz CT molecular complexity index is 1530. The summed E-state index contributed by atoms with van der Waals surface area (Å²) < 4.78 is 7.12. The van der Waals surface area contributed by atoms with E-state index in [2.05, 4.69) is 19.9 Å². The fourth-order valence-corrected chi connectivity index (χ4v) is 4.67. The first-order chi connectivity index (χ1) is 15.6. The number of rotatable bonds is 5. The van der Waals surface area contributed by atoms with E-state index >= 15 is 0 Å². The molecule has 0 amide bonds. The molecule has 0 aliphatic rings. The third kappa shape index (κ3) is 3.49. The minimum absolute atomic E-state index is 0.255. The van der Waals surface area contributed by atoms with Crippen molar-refractivity contribution in [3.63, 3.8) is 0 Å². The van der Waals surface area contributed by atoms with Gasteiger partial charge in [-0.15, -0.1) is 0 Å². The van der Waals surface area contributed by atoms with E-state index < -0.39 is 0 Å². The average molecular weight is 465 g/mol. The van der Waals surface area contributed by atoms with Crippen LogP contribution in [0, 0.1) is 6.92 Å². The molecule has 0 aliphatic heterocycles. The zero-order valence-corrected chi connectivity index (χ0v) is 18.7. The molecule has 160 valence electrons. The molecule has 10 heteroatoms. The van der Waals surface area contributed by atoms with Gasteiger partial charge >= 0.3 is 0 Å². The van der Waals surface area contributed by atoms with Crippen molar-refractivity contribution in [2.75, 3.05) is 7.11 Å². The Kier molecular flexibility index (Phi) is 5.28. The fraction of sp³-hybridized carbons (Fsp3) is 0.136. The lowest BCUT2D eigenvalue weighted by Gasteiger charge is -2.17. The highest BCUT2D eigenvalue weighted by atomic mass is 35.5. The number of aromatic nitrogens is 6. The SMILES string of the molecule is COc1ccc(C)cc1-n1c(CSc2ncnc3nc[nH]c23)nc2cccc(Cl)c2c1=O. The Morgan fingerprint density at radius 1 is 1.19 bits per heavy atom. The normalized spacial score (nSPS) is 11.3. The van der Waals surface area contributed by atoms with Gasteiger partial charge < -0.3 is 9.72 Å². The summed E-state index contributed by atoms with van der Waals surface area (Å²) in [5, 5.41) is 1.44. The van der Waals surface area contributed by atoms with Crippen LogP contribution in [0.4, 0.5) is 0 Å². The van der Waals surface area contributed by atoms with Gasteiger partial charge in [-0.2, -0.15) is 0 Å². The first-order valence-corrected chi connectivity index (χ1v) is 11.0. The lowest BCUT2D eigenvalue weighted by molar-refractivity contribution is 0.412. The van der Waals surface area contributed by atoms with Crippen LogP contribution in [0.1, 0.15) is 11.4 Å². The molecule has 1 N–H and O–H groups in total. The van der Waals surface area contributed by atoms with Gasteiger partial charge in [0.15, 0.2) is 5.65 Å². The molecular weight excluding hydrogens is 448 g/mol. The number of thioether (sulfide) groups is 1. The topological polar surface area (TPSA) is 98.6 Å². The van der Waals surface area contributed by atoms with Gasteiger partial charge in [-0.1, -0.05) is 35.5 Å². The van der Waals surface area contributed by atoms with Crippen molar-refractivity contribution in [2.45, 2.75) is 17.7 Å². The number of aromatic amines is 1. The van der Waals surface area contributed by atoms with Crippen LogP contribution in [0.2, 0.25) is 5.02 Å². The van der Waals surface area contributed by atoms with Gasteiger partial charge in [-0.05, 0) is 36.8 Å². The lowest BCUT2D eigenvalue weighted by atomic mass is 10.2. The van der Waals surface area contributed by atoms with Crippen LogP contribution in [0.25, 0.3) is 27.8 Å². The molecule has 5 aromatic rings. The number of fused-ring (bicyclic) bond motifs is 2. The quantitative estimate of drug-likeness (QED) is 0.305. The molecule has 5 rings (SSSR count). The van der Waals surface area contributed by atoms with Gasteiger partial charge in [0.1, 0.15) is 28.4 Å². The Morgan fingerprint density at radius 3 is 2.91 bits per heavy atom. The number of hydrogen-bond acceptors (Lipinski definition) is 7. The number of imidazole rings is 1. The highest BCUT2D eigenvalue weighted by molar-refractivity contribution is 7.98. The van der Waals surface area contributed by atoms with Crippen LogP contribution in [-0.2, 0) is 5.75 Å². The van der Waals surface area contributed by atoms with Gasteiger partial charge in [0.2, 0.25) is 0 Å². The lowest BCUT2D eigenvalue weighted by Crippen LogP contribution is -2.24. The monoisotopic (exact) mass is 464 g/mol. The molecule has 0 saturated heterocycles. The maximum Gasteiger partial charge on any atom is 0.267 e. The number of ether oxygens (including phenoxy) is 1. The van der Waals surface area contributed by atoms with E-state index in [1.807, 2.05) is 25.1 Å². The largest absolute Gasteiger partial charge is 0.495 e. The molecule has 32 heavy (non-hydrogen) atoms. The average Bonchev–Trinajstić information content (AvgIpc) is 3.27. The predicted octanol–water partition coefficient (Wildman–Crippen LogP) is 4.31. The third-order valence-electron chi connectivity index (χ3n) is 5.02. The highest BCUT2D eigenvalue weighted by Crippen LogP contribution is 2.30. The number of nitrogens with one attached hydrogen (secondary N) is 1. The van der Waals surface area contributed by atoms with E-state index in [0.29, 0.717) is 44.6 Å². The summed E-state index contributed by atoms with van der Waals surface area (Å²) in [6, 6.07) is 10.9. The number of H-pyrrole nitrogens is 1. The van der Waals surface area contributed by atoms with Crippen LogP contribution < -0.4 is 10.3 Å². The maximum absolute atomic E-state index is 13.7. The van der Waals surface area contributed by atoms with Gasteiger partial charge in [-0.25, -0.2) is 19.9 Å². The molecule has 3 aromatic heterocycles. The molecule has 0 radical (unpaired) electrons. The van der Waals surface area contributed by atoms with E-state index in [-0.39, 0.29) is 5.56 Å². The number of hydrogen-bond donors (Lipinski definition) is 1. The van der Waals surface area contributed by atoms with Crippen molar-refractivity contribution in [3.8, 4) is 11.4 Å². The van der Waals surface area contributed by atoms with Crippen LogP contribution >= 0.6 is 23.4 Å². The third-order valence-corrected chi connectivity index (χ3v) is 6.32. The Labute approximate surface area is 191 Å². The fourth-order valence-electron chi connectivity index (χ4n) is 3.54. The Hall–Kier alpha value is -3.43. The minimum Gasteiger partial charge on any atom is -0.495 e. The first-order valence-electron chi connectivity index (χ1n) is 9.69. The maximum atomic E-state index is 13.7. The Morgan fingerprint density at radius 2 is 2.06 bits per heavy atom. The smallest absolute Gasteiger partial charge is 0.267 e. The molecule has 0 unspecified atom stereocenters. The second-order valence-electron chi connectivity index (χ2n) is 7.05. The number of halogens is 1. The summed E-state index contributed by atoms with van der Waals surface area (Å²) in [4.78, 5) is 34.2. The van der Waals surface area contributed by atoms with Crippen LogP contribution in [0.5, 0.6) is 5.75 Å². The Balaban J connectivity index is 1.71. The van der Waals surface area contributed by atoms with E-state index in [0.717, 1.165) is 16.1 Å². The molecule has 3 heterocycles. The summed E-state index contributed by atoms with van der Waals surface area (Å²) >= 11 is 7.82. The van der Waals surface area contributed by atoms with Crippen LogP contribution in [0.3, 0.4) is 0 Å². The minimum atomic E-state index is -0.255. The molecule has 0 atom stereocenters.